The van der Waals surface area contributed by atoms with E-state index in [0.29, 0.717) is 49.2 Å². The number of fused-ring (bicyclic) bond motifs is 1. The summed E-state index contributed by atoms with van der Waals surface area (Å²) in [6.07, 6.45) is 0.979. The molecule has 34 heavy (non-hydrogen) atoms. The SMILES string of the molecule is CCCCC(CC)C(=O)N1CCN(c2nc3nccc(-c4cccc(C(F)(F)F)c4)n3n2)CC1. The molecular formula is C24H29F3N6O. The van der Waals surface area contributed by atoms with Crippen LogP contribution in [-0.4, -0.2) is 56.6 Å². The van der Waals surface area contributed by atoms with Crippen LogP contribution in [0.15, 0.2) is 36.5 Å². The number of aromatic nitrogens is 4. The van der Waals surface area contributed by atoms with Gasteiger partial charge in [0.1, 0.15) is 0 Å². The van der Waals surface area contributed by atoms with Gasteiger partial charge < -0.3 is 9.80 Å². The van der Waals surface area contributed by atoms with Gasteiger partial charge in [0.05, 0.1) is 11.3 Å². The van der Waals surface area contributed by atoms with E-state index in [1.54, 1.807) is 12.1 Å². The summed E-state index contributed by atoms with van der Waals surface area (Å²) in [5.41, 5.74) is 0.137. The number of halogens is 3. The average Bonchev–Trinajstić information content (AvgIpc) is 3.28. The number of unbranched alkanes of at least 4 members (excludes halogenated alkanes) is 1. The molecule has 10 heteroatoms. The molecule has 7 nitrogen and oxygen atoms in total. The number of amides is 1. The standard InChI is InChI=1S/C24H29F3N6O/c1-3-5-7-17(4-2)21(34)31-12-14-32(15-13-31)23-29-22-28-11-10-20(33(22)30-23)18-8-6-9-19(16-18)24(25,26)27/h6,8-11,16-17H,3-5,7,12-15H2,1-2H3. The van der Waals surface area contributed by atoms with Crippen molar-refractivity contribution in [1.82, 2.24) is 24.5 Å². The quantitative estimate of drug-likeness (QED) is 0.498. The molecule has 3 heterocycles. The molecule has 0 radical (unpaired) electrons. The molecule has 3 aromatic rings. The third-order valence-corrected chi connectivity index (χ3v) is 6.34. The molecule has 0 N–H and O–H groups in total. The van der Waals surface area contributed by atoms with Crippen molar-refractivity contribution in [3.63, 3.8) is 0 Å². The molecule has 1 aromatic carbocycles. The van der Waals surface area contributed by atoms with Gasteiger partial charge in [-0.2, -0.15) is 22.7 Å². The summed E-state index contributed by atoms with van der Waals surface area (Å²) < 4.78 is 41.0. The number of benzene rings is 1. The van der Waals surface area contributed by atoms with Gasteiger partial charge in [-0.25, -0.2) is 4.98 Å². The van der Waals surface area contributed by atoms with Crippen molar-refractivity contribution < 1.29 is 18.0 Å². The topological polar surface area (TPSA) is 66.6 Å². The fourth-order valence-electron chi connectivity index (χ4n) is 4.33. The molecule has 1 fully saturated rings. The summed E-state index contributed by atoms with van der Waals surface area (Å²) >= 11 is 0. The van der Waals surface area contributed by atoms with Crippen LogP contribution in [0.4, 0.5) is 19.1 Å². The van der Waals surface area contributed by atoms with Crippen LogP contribution >= 0.6 is 0 Å². The molecule has 0 bridgehead atoms. The predicted octanol–water partition coefficient (Wildman–Crippen LogP) is 4.68. The van der Waals surface area contributed by atoms with E-state index in [2.05, 4.69) is 28.9 Å². The maximum Gasteiger partial charge on any atom is 0.416 e. The Balaban J connectivity index is 1.51. The van der Waals surface area contributed by atoms with Gasteiger partial charge in [0.2, 0.25) is 11.9 Å². The second-order valence-corrected chi connectivity index (χ2v) is 8.59. The van der Waals surface area contributed by atoms with Gasteiger partial charge in [-0.1, -0.05) is 38.8 Å². The number of carbonyl (C=O) groups excluding carboxylic acids is 1. The number of hydrogen-bond donors (Lipinski definition) is 0. The number of piperazine rings is 1. The van der Waals surface area contributed by atoms with Gasteiger partial charge in [-0.05, 0) is 31.0 Å². The van der Waals surface area contributed by atoms with Crippen molar-refractivity contribution in [2.45, 2.75) is 45.7 Å². The lowest BCUT2D eigenvalue weighted by atomic mass is 9.97. The number of rotatable bonds is 7. The molecule has 0 aliphatic carbocycles. The van der Waals surface area contributed by atoms with E-state index in [1.165, 1.54) is 16.8 Å². The summed E-state index contributed by atoms with van der Waals surface area (Å²) in [7, 11) is 0. The second kappa shape index (κ2) is 9.99. The van der Waals surface area contributed by atoms with E-state index >= 15 is 0 Å². The number of anilines is 1. The fraction of sp³-hybridized carbons (Fsp3) is 0.500. The highest BCUT2D eigenvalue weighted by molar-refractivity contribution is 5.79. The zero-order chi connectivity index (χ0) is 24.3. The summed E-state index contributed by atoms with van der Waals surface area (Å²) in [6, 6.07) is 6.75. The fourth-order valence-corrected chi connectivity index (χ4v) is 4.33. The minimum absolute atomic E-state index is 0.0686. The van der Waals surface area contributed by atoms with Crippen LogP contribution in [0.3, 0.4) is 0 Å². The first-order chi connectivity index (χ1) is 16.3. The van der Waals surface area contributed by atoms with Crippen molar-refractivity contribution >= 4 is 17.6 Å². The molecule has 4 rings (SSSR count). The third-order valence-electron chi connectivity index (χ3n) is 6.34. The van der Waals surface area contributed by atoms with Gasteiger partial charge in [-0.15, -0.1) is 5.10 Å². The molecule has 182 valence electrons. The van der Waals surface area contributed by atoms with Crippen molar-refractivity contribution in [2.75, 3.05) is 31.1 Å². The molecule has 1 unspecified atom stereocenters. The molecule has 1 amide bonds. The molecule has 1 atom stereocenters. The highest BCUT2D eigenvalue weighted by Gasteiger charge is 2.31. The Morgan fingerprint density at radius 2 is 1.88 bits per heavy atom. The Labute approximate surface area is 196 Å². The summed E-state index contributed by atoms with van der Waals surface area (Å²) in [4.78, 5) is 25.5. The van der Waals surface area contributed by atoms with E-state index in [0.717, 1.165) is 37.8 Å². The van der Waals surface area contributed by atoms with E-state index in [1.807, 2.05) is 9.80 Å². The number of carbonyl (C=O) groups is 1. The average molecular weight is 475 g/mol. The highest BCUT2D eigenvalue weighted by atomic mass is 19.4. The maximum atomic E-state index is 13.2. The number of alkyl halides is 3. The largest absolute Gasteiger partial charge is 0.416 e. The lowest BCUT2D eigenvalue weighted by Crippen LogP contribution is -2.50. The van der Waals surface area contributed by atoms with Crippen LogP contribution in [0, 0.1) is 5.92 Å². The van der Waals surface area contributed by atoms with E-state index in [4.69, 9.17) is 0 Å². The van der Waals surface area contributed by atoms with E-state index in [9.17, 15) is 18.0 Å². The van der Waals surface area contributed by atoms with Crippen molar-refractivity contribution in [1.29, 1.82) is 0 Å². The zero-order valence-electron chi connectivity index (χ0n) is 19.4. The van der Waals surface area contributed by atoms with Crippen LogP contribution in [-0.2, 0) is 11.0 Å². The van der Waals surface area contributed by atoms with Crippen LogP contribution in [0.2, 0.25) is 0 Å². The molecule has 1 saturated heterocycles. The normalized spacial score (nSPS) is 15.7. The Morgan fingerprint density at radius 3 is 2.56 bits per heavy atom. The first-order valence-corrected chi connectivity index (χ1v) is 11.7. The minimum atomic E-state index is -4.43. The molecule has 2 aromatic heterocycles. The van der Waals surface area contributed by atoms with Gasteiger partial charge in [0.15, 0.2) is 0 Å². The lowest BCUT2D eigenvalue weighted by Gasteiger charge is -2.35. The zero-order valence-corrected chi connectivity index (χ0v) is 19.4. The van der Waals surface area contributed by atoms with E-state index in [-0.39, 0.29) is 11.8 Å². The van der Waals surface area contributed by atoms with Gasteiger partial charge in [0.25, 0.3) is 5.78 Å². The Bertz CT molecular complexity index is 1140. The number of nitrogens with zero attached hydrogens (tertiary/aromatic N) is 6. The smallest absolute Gasteiger partial charge is 0.339 e. The predicted molar refractivity (Wildman–Crippen MR) is 123 cm³/mol. The summed E-state index contributed by atoms with van der Waals surface area (Å²) in [6.45, 7) is 6.54. The Morgan fingerprint density at radius 1 is 1.12 bits per heavy atom. The van der Waals surface area contributed by atoms with Crippen molar-refractivity contribution in [2.24, 2.45) is 5.92 Å². The van der Waals surface area contributed by atoms with Gasteiger partial charge in [-0.3, -0.25) is 4.79 Å². The van der Waals surface area contributed by atoms with Crippen LogP contribution in [0.25, 0.3) is 17.0 Å². The third kappa shape index (κ3) is 5.00. The molecule has 0 spiro atoms. The van der Waals surface area contributed by atoms with Crippen molar-refractivity contribution in [3.05, 3.63) is 42.1 Å². The van der Waals surface area contributed by atoms with Gasteiger partial charge in [0, 0.05) is 43.9 Å². The minimum Gasteiger partial charge on any atom is -0.339 e. The van der Waals surface area contributed by atoms with Crippen molar-refractivity contribution in [3.8, 4) is 11.3 Å². The Kier molecular flexibility index (Phi) is 7.04. The Hall–Kier alpha value is -3.17. The molecule has 1 aliphatic rings. The summed E-state index contributed by atoms with van der Waals surface area (Å²) in [5, 5.41) is 4.55. The molecule has 0 saturated carbocycles. The van der Waals surface area contributed by atoms with Crippen LogP contribution in [0.1, 0.15) is 45.1 Å². The van der Waals surface area contributed by atoms with Gasteiger partial charge >= 0.3 is 6.18 Å². The highest BCUT2D eigenvalue weighted by Crippen LogP contribution is 2.32. The molecular weight excluding hydrogens is 445 g/mol. The maximum absolute atomic E-state index is 13.2. The lowest BCUT2D eigenvalue weighted by molar-refractivity contribution is -0.137. The summed E-state index contributed by atoms with van der Waals surface area (Å²) in [5.74, 6) is 1.05. The first kappa shape index (κ1) is 24.0. The second-order valence-electron chi connectivity index (χ2n) is 8.59. The first-order valence-electron chi connectivity index (χ1n) is 11.7. The number of hydrogen-bond acceptors (Lipinski definition) is 5. The van der Waals surface area contributed by atoms with Crippen LogP contribution < -0.4 is 4.90 Å². The monoisotopic (exact) mass is 474 g/mol. The molecule has 1 aliphatic heterocycles. The van der Waals surface area contributed by atoms with E-state index < -0.39 is 11.7 Å². The van der Waals surface area contributed by atoms with Crippen LogP contribution in [0.5, 0.6) is 0 Å².